The van der Waals surface area contributed by atoms with E-state index in [1.807, 2.05) is 0 Å². The molecule has 0 spiro atoms. The van der Waals surface area contributed by atoms with Crippen molar-refractivity contribution in [2.75, 3.05) is 6.54 Å². The third-order valence-electron chi connectivity index (χ3n) is 2.07. The van der Waals surface area contributed by atoms with Gasteiger partial charge in [-0.2, -0.15) is 0 Å². The van der Waals surface area contributed by atoms with E-state index in [9.17, 15) is 0 Å². The molecule has 0 aromatic heterocycles. The van der Waals surface area contributed by atoms with Crippen LogP contribution in [0, 0.1) is 0 Å². The van der Waals surface area contributed by atoms with Crippen LogP contribution in [0.3, 0.4) is 0 Å². The molecule has 58 valence electrons. The summed E-state index contributed by atoms with van der Waals surface area (Å²) < 4.78 is 0. The maximum Gasteiger partial charge on any atom is 0.0167 e. The molecule has 1 heteroatoms. The molecule has 1 nitrogen and oxygen atoms in total. The number of piperidine rings is 1. The lowest BCUT2D eigenvalue weighted by atomic mass is 10.0. The van der Waals surface area contributed by atoms with Crippen LogP contribution in [0.25, 0.3) is 0 Å². The lowest BCUT2D eigenvalue weighted by Crippen LogP contribution is -2.32. The van der Waals surface area contributed by atoms with Crippen LogP contribution in [0.5, 0.6) is 0 Å². The Balaban J connectivity index is 2.32. The van der Waals surface area contributed by atoms with Crippen LogP contribution in [-0.4, -0.2) is 12.6 Å². The molecule has 1 saturated heterocycles. The zero-order chi connectivity index (χ0) is 7.40. The number of hydrogen-bond donors (Lipinski definition) is 1. The van der Waals surface area contributed by atoms with Gasteiger partial charge in [0.05, 0.1) is 0 Å². The first-order valence-electron chi connectivity index (χ1n) is 4.24. The summed E-state index contributed by atoms with van der Waals surface area (Å²) in [6, 6.07) is 0.731. The SMILES string of the molecule is CC/C=C1/CCC(C)NC1. The first kappa shape index (κ1) is 7.80. The van der Waals surface area contributed by atoms with Crippen molar-refractivity contribution in [2.24, 2.45) is 0 Å². The van der Waals surface area contributed by atoms with Crippen LogP contribution in [0.1, 0.15) is 33.1 Å². The van der Waals surface area contributed by atoms with Gasteiger partial charge in [0.25, 0.3) is 0 Å². The molecule has 10 heavy (non-hydrogen) atoms. The molecule has 0 aliphatic carbocycles. The molecule has 0 aromatic rings. The molecule has 1 fully saturated rings. The van der Waals surface area contributed by atoms with Crippen LogP contribution >= 0.6 is 0 Å². The molecule has 1 aliphatic rings. The Morgan fingerprint density at radius 3 is 3.00 bits per heavy atom. The molecule has 0 saturated carbocycles. The van der Waals surface area contributed by atoms with E-state index in [-0.39, 0.29) is 0 Å². The highest BCUT2D eigenvalue weighted by molar-refractivity contribution is 5.07. The fraction of sp³-hybridized carbons (Fsp3) is 0.778. The minimum atomic E-state index is 0.731. The molecule has 1 heterocycles. The maximum atomic E-state index is 3.45. The zero-order valence-electron chi connectivity index (χ0n) is 6.98. The number of hydrogen-bond acceptors (Lipinski definition) is 1. The first-order valence-corrected chi connectivity index (χ1v) is 4.24. The standard InChI is InChI=1S/C9H17N/c1-3-4-9-6-5-8(2)10-7-9/h4,8,10H,3,5-7H2,1-2H3/b9-4-. The van der Waals surface area contributed by atoms with Crippen molar-refractivity contribution < 1.29 is 0 Å². The second-order valence-corrected chi connectivity index (χ2v) is 3.09. The second-order valence-electron chi connectivity index (χ2n) is 3.09. The van der Waals surface area contributed by atoms with E-state index >= 15 is 0 Å². The Hall–Kier alpha value is -0.300. The highest BCUT2D eigenvalue weighted by atomic mass is 14.9. The molecular weight excluding hydrogens is 122 g/mol. The fourth-order valence-electron chi connectivity index (χ4n) is 1.36. The molecule has 0 radical (unpaired) electrons. The fourth-order valence-corrected chi connectivity index (χ4v) is 1.36. The quantitative estimate of drug-likeness (QED) is 0.548. The molecular formula is C9H17N. The van der Waals surface area contributed by atoms with Gasteiger partial charge in [0.15, 0.2) is 0 Å². The van der Waals surface area contributed by atoms with E-state index in [4.69, 9.17) is 0 Å². The van der Waals surface area contributed by atoms with E-state index in [0.717, 1.165) is 12.6 Å². The predicted molar refractivity (Wildman–Crippen MR) is 45.1 cm³/mol. The summed E-state index contributed by atoms with van der Waals surface area (Å²) >= 11 is 0. The molecule has 0 aromatic carbocycles. The summed E-state index contributed by atoms with van der Waals surface area (Å²) in [7, 11) is 0. The number of allylic oxidation sites excluding steroid dienone is 1. The lowest BCUT2D eigenvalue weighted by Gasteiger charge is -2.21. The van der Waals surface area contributed by atoms with E-state index in [2.05, 4.69) is 25.2 Å². The summed E-state index contributed by atoms with van der Waals surface area (Å²) in [4.78, 5) is 0. The average Bonchev–Trinajstić information content (AvgIpc) is 1.95. The Kier molecular flexibility index (Phi) is 2.94. The smallest absolute Gasteiger partial charge is 0.0167 e. The minimum Gasteiger partial charge on any atom is -0.311 e. The molecule has 0 amide bonds. The van der Waals surface area contributed by atoms with Gasteiger partial charge < -0.3 is 5.32 Å². The third-order valence-corrected chi connectivity index (χ3v) is 2.07. The van der Waals surface area contributed by atoms with Crippen molar-refractivity contribution in [2.45, 2.75) is 39.2 Å². The molecule has 0 bridgehead atoms. The van der Waals surface area contributed by atoms with Crippen LogP contribution in [0.2, 0.25) is 0 Å². The summed E-state index contributed by atoms with van der Waals surface area (Å²) in [6.45, 7) is 5.57. The number of rotatable bonds is 1. The summed E-state index contributed by atoms with van der Waals surface area (Å²) in [5.74, 6) is 0. The van der Waals surface area contributed by atoms with Gasteiger partial charge >= 0.3 is 0 Å². The average molecular weight is 139 g/mol. The van der Waals surface area contributed by atoms with Gasteiger partial charge in [0.1, 0.15) is 0 Å². The van der Waals surface area contributed by atoms with Crippen LogP contribution in [0.15, 0.2) is 11.6 Å². The Bertz CT molecular complexity index is 117. The monoisotopic (exact) mass is 139 g/mol. The summed E-state index contributed by atoms with van der Waals surface area (Å²) in [6.07, 6.45) is 6.15. The minimum absolute atomic E-state index is 0.731. The third kappa shape index (κ3) is 2.14. The van der Waals surface area contributed by atoms with Crippen molar-refractivity contribution in [3.8, 4) is 0 Å². The summed E-state index contributed by atoms with van der Waals surface area (Å²) in [5.41, 5.74) is 1.60. The van der Waals surface area contributed by atoms with E-state index < -0.39 is 0 Å². The normalized spacial score (nSPS) is 31.0. The van der Waals surface area contributed by atoms with Gasteiger partial charge in [-0.25, -0.2) is 0 Å². The Labute approximate surface area is 63.5 Å². The van der Waals surface area contributed by atoms with Gasteiger partial charge in [-0.3, -0.25) is 0 Å². The number of nitrogens with one attached hydrogen (secondary N) is 1. The molecule has 1 aliphatic heterocycles. The highest BCUT2D eigenvalue weighted by Gasteiger charge is 2.09. The van der Waals surface area contributed by atoms with Crippen molar-refractivity contribution in [3.05, 3.63) is 11.6 Å². The largest absolute Gasteiger partial charge is 0.311 e. The molecule has 1 N–H and O–H groups in total. The lowest BCUT2D eigenvalue weighted by molar-refractivity contribution is 0.485. The molecule has 1 atom stereocenters. The predicted octanol–water partition coefficient (Wildman–Crippen LogP) is 2.09. The van der Waals surface area contributed by atoms with Crippen LogP contribution in [-0.2, 0) is 0 Å². The van der Waals surface area contributed by atoms with Gasteiger partial charge in [-0.15, -0.1) is 0 Å². The van der Waals surface area contributed by atoms with Crippen LogP contribution in [0.4, 0.5) is 0 Å². The van der Waals surface area contributed by atoms with Crippen molar-refractivity contribution >= 4 is 0 Å². The van der Waals surface area contributed by atoms with Crippen molar-refractivity contribution in [1.29, 1.82) is 0 Å². The Morgan fingerprint density at radius 2 is 2.50 bits per heavy atom. The topological polar surface area (TPSA) is 12.0 Å². The zero-order valence-corrected chi connectivity index (χ0v) is 6.98. The van der Waals surface area contributed by atoms with E-state index in [0.29, 0.717) is 0 Å². The van der Waals surface area contributed by atoms with Crippen molar-refractivity contribution in [1.82, 2.24) is 5.32 Å². The van der Waals surface area contributed by atoms with Crippen molar-refractivity contribution in [3.63, 3.8) is 0 Å². The molecule has 1 unspecified atom stereocenters. The van der Waals surface area contributed by atoms with Gasteiger partial charge in [0, 0.05) is 12.6 Å². The Morgan fingerprint density at radius 1 is 1.70 bits per heavy atom. The van der Waals surface area contributed by atoms with Gasteiger partial charge in [0.2, 0.25) is 0 Å². The highest BCUT2D eigenvalue weighted by Crippen LogP contribution is 2.12. The first-order chi connectivity index (χ1) is 4.83. The maximum absolute atomic E-state index is 3.45. The second kappa shape index (κ2) is 3.77. The van der Waals surface area contributed by atoms with E-state index in [1.54, 1.807) is 5.57 Å². The van der Waals surface area contributed by atoms with Gasteiger partial charge in [-0.1, -0.05) is 18.6 Å². The van der Waals surface area contributed by atoms with Crippen LogP contribution < -0.4 is 5.32 Å². The van der Waals surface area contributed by atoms with E-state index in [1.165, 1.54) is 19.3 Å². The van der Waals surface area contributed by atoms with Gasteiger partial charge in [-0.05, 0) is 26.2 Å². The molecule has 1 rings (SSSR count). The summed E-state index contributed by atoms with van der Waals surface area (Å²) in [5, 5.41) is 3.45.